The van der Waals surface area contributed by atoms with Crippen LogP contribution in [0.5, 0.6) is 0 Å². The van der Waals surface area contributed by atoms with Crippen LogP contribution < -0.4 is 10.6 Å². The third kappa shape index (κ3) is 8.66. The summed E-state index contributed by atoms with van der Waals surface area (Å²) in [4.78, 5) is 11.3. The molecule has 0 aromatic carbocycles. The Kier molecular flexibility index (Phi) is 6.58. The van der Waals surface area contributed by atoms with Crippen LogP contribution in [0.4, 0.5) is 18.0 Å². The molecule has 5 nitrogen and oxygen atoms in total. The fraction of sp³-hybridized carbons (Fsp3) is 0.909. The van der Waals surface area contributed by atoms with Crippen LogP contribution in [0, 0.1) is 0 Å². The van der Waals surface area contributed by atoms with Gasteiger partial charge in [0.25, 0.3) is 0 Å². The molecular formula is C11H21F3N2O3. The maximum Gasteiger partial charge on any atom is 0.407 e. The average Bonchev–Trinajstić information content (AvgIpc) is 2.12. The summed E-state index contributed by atoms with van der Waals surface area (Å²) in [6.07, 6.45) is -5.23. The molecule has 0 fully saturated rings. The quantitative estimate of drug-likeness (QED) is 0.714. The summed E-state index contributed by atoms with van der Waals surface area (Å²) < 4.78 is 41.9. The Balaban J connectivity index is 4.12. The Morgan fingerprint density at radius 3 is 2.21 bits per heavy atom. The van der Waals surface area contributed by atoms with E-state index in [2.05, 4.69) is 10.6 Å². The van der Waals surface area contributed by atoms with E-state index in [4.69, 9.17) is 9.84 Å². The van der Waals surface area contributed by atoms with Gasteiger partial charge in [-0.15, -0.1) is 0 Å². The van der Waals surface area contributed by atoms with Gasteiger partial charge in [0, 0.05) is 12.6 Å². The second kappa shape index (κ2) is 6.95. The molecule has 2 unspecified atom stereocenters. The predicted octanol–water partition coefficient (Wildman–Crippen LogP) is 1.41. The largest absolute Gasteiger partial charge is 0.444 e. The lowest BCUT2D eigenvalue weighted by Crippen LogP contribution is -2.50. The van der Waals surface area contributed by atoms with Gasteiger partial charge in [-0.25, -0.2) is 4.79 Å². The van der Waals surface area contributed by atoms with Gasteiger partial charge in [-0.05, 0) is 27.7 Å². The standard InChI is InChI=1S/C11H21F3N2O3/c1-7(16-9(18)19-10(2,3)4)5-15-8(6-17)11(12,13)14/h7-8,15,17H,5-6H2,1-4H3,(H,16,18). The fourth-order valence-corrected chi connectivity index (χ4v) is 1.16. The van der Waals surface area contributed by atoms with Gasteiger partial charge >= 0.3 is 12.3 Å². The molecule has 3 N–H and O–H groups in total. The number of hydrogen-bond acceptors (Lipinski definition) is 4. The molecular weight excluding hydrogens is 265 g/mol. The van der Waals surface area contributed by atoms with Crippen LogP contribution in [0.2, 0.25) is 0 Å². The first-order valence-electron chi connectivity index (χ1n) is 5.86. The lowest BCUT2D eigenvalue weighted by Gasteiger charge is -2.24. The van der Waals surface area contributed by atoms with Crippen LogP contribution in [0.3, 0.4) is 0 Å². The summed E-state index contributed by atoms with van der Waals surface area (Å²) in [6, 6.07) is -2.57. The minimum absolute atomic E-state index is 0.135. The molecule has 0 rings (SSSR count). The highest BCUT2D eigenvalue weighted by atomic mass is 19.4. The number of alkyl halides is 3. The lowest BCUT2D eigenvalue weighted by atomic mass is 10.2. The highest BCUT2D eigenvalue weighted by molar-refractivity contribution is 5.68. The zero-order valence-electron chi connectivity index (χ0n) is 11.5. The third-order valence-electron chi connectivity index (χ3n) is 2.01. The topological polar surface area (TPSA) is 70.6 Å². The normalized spacial score (nSPS) is 15.8. The molecule has 0 aliphatic rings. The predicted molar refractivity (Wildman–Crippen MR) is 63.8 cm³/mol. The number of ether oxygens (including phenoxy) is 1. The molecule has 0 aliphatic carbocycles. The van der Waals surface area contributed by atoms with E-state index in [1.807, 2.05) is 0 Å². The number of aliphatic hydroxyl groups is 1. The number of amides is 1. The van der Waals surface area contributed by atoms with Crippen molar-refractivity contribution in [3.05, 3.63) is 0 Å². The van der Waals surface area contributed by atoms with Crippen LogP contribution >= 0.6 is 0 Å². The van der Waals surface area contributed by atoms with Gasteiger partial charge in [0.1, 0.15) is 11.6 Å². The molecule has 0 heterocycles. The SMILES string of the molecule is CC(CNC(CO)C(F)(F)F)NC(=O)OC(C)(C)C. The smallest absolute Gasteiger partial charge is 0.407 e. The van der Waals surface area contributed by atoms with Crippen molar-refractivity contribution in [3.63, 3.8) is 0 Å². The van der Waals surface area contributed by atoms with Crippen molar-refractivity contribution < 1.29 is 27.8 Å². The van der Waals surface area contributed by atoms with Crippen LogP contribution in [0.15, 0.2) is 0 Å². The molecule has 0 bridgehead atoms. The van der Waals surface area contributed by atoms with Gasteiger partial charge in [0.15, 0.2) is 0 Å². The van der Waals surface area contributed by atoms with Gasteiger partial charge in [-0.2, -0.15) is 13.2 Å². The van der Waals surface area contributed by atoms with Crippen molar-refractivity contribution in [2.24, 2.45) is 0 Å². The van der Waals surface area contributed by atoms with Crippen LogP contribution in [-0.2, 0) is 4.74 Å². The first kappa shape index (κ1) is 18.0. The number of halogens is 3. The molecule has 2 atom stereocenters. The molecule has 8 heteroatoms. The second-order valence-electron chi connectivity index (χ2n) is 5.23. The van der Waals surface area contributed by atoms with E-state index in [0.29, 0.717) is 0 Å². The van der Waals surface area contributed by atoms with Gasteiger partial charge in [-0.3, -0.25) is 0 Å². The van der Waals surface area contributed by atoms with E-state index < -0.39 is 36.6 Å². The maximum atomic E-state index is 12.3. The highest BCUT2D eigenvalue weighted by Gasteiger charge is 2.38. The van der Waals surface area contributed by atoms with E-state index >= 15 is 0 Å². The number of aliphatic hydroxyl groups excluding tert-OH is 1. The number of carbonyl (C=O) groups is 1. The minimum atomic E-state index is -4.53. The number of alkyl carbamates (subject to hydrolysis) is 1. The zero-order valence-corrected chi connectivity index (χ0v) is 11.5. The van der Waals surface area contributed by atoms with E-state index in [1.54, 1.807) is 20.8 Å². The van der Waals surface area contributed by atoms with Crippen LogP contribution in [-0.4, -0.2) is 48.2 Å². The minimum Gasteiger partial charge on any atom is -0.444 e. The molecule has 114 valence electrons. The molecule has 0 aliphatic heterocycles. The molecule has 1 amide bonds. The first-order valence-corrected chi connectivity index (χ1v) is 5.86. The van der Waals surface area contributed by atoms with Crippen molar-refractivity contribution in [2.45, 2.75) is 51.6 Å². The van der Waals surface area contributed by atoms with Crippen LogP contribution in [0.1, 0.15) is 27.7 Å². The molecule has 0 spiro atoms. The van der Waals surface area contributed by atoms with Gasteiger partial charge in [0.2, 0.25) is 0 Å². The van der Waals surface area contributed by atoms with Crippen molar-refractivity contribution in [3.8, 4) is 0 Å². The number of carbonyl (C=O) groups excluding carboxylic acids is 1. The second-order valence-corrected chi connectivity index (χ2v) is 5.23. The van der Waals surface area contributed by atoms with E-state index in [1.165, 1.54) is 6.92 Å². The molecule has 0 saturated carbocycles. The number of rotatable bonds is 5. The molecule has 0 aromatic heterocycles. The maximum absolute atomic E-state index is 12.3. The summed E-state index contributed by atoms with van der Waals surface area (Å²) in [5.74, 6) is 0. The van der Waals surface area contributed by atoms with Gasteiger partial charge in [-0.1, -0.05) is 0 Å². The van der Waals surface area contributed by atoms with Crippen LogP contribution in [0.25, 0.3) is 0 Å². The Morgan fingerprint density at radius 1 is 1.32 bits per heavy atom. The van der Waals surface area contributed by atoms with Crippen molar-refractivity contribution in [1.82, 2.24) is 10.6 Å². The average molecular weight is 286 g/mol. The summed E-state index contributed by atoms with van der Waals surface area (Å²) in [7, 11) is 0. The lowest BCUT2D eigenvalue weighted by molar-refractivity contribution is -0.163. The summed E-state index contributed by atoms with van der Waals surface area (Å²) in [6.45, 7) is 5.39. The number of hydrogen-bond donors (Lipinski definition) is 3. The van der Waals surface area contributed by atoms with E-state index in [-0.39, 0.29) is 6.54 Å². The Labute approximate surface area is 110 Å². The highest BCUT2D eigenvalue weighted by Crippen LogP contribution is 2.19. The zero-order chi connectivity index (χ0) is 15.3. The fourth-order valence-electron chi connectivity index (χ4n) is 1.16. The van der Waals surface area contributed by atoms with Gasteiger partial charge in [0.05, 0.1) is 6.61 Å². The molecule has 0 aromatic rings. The van der Waals surface area contributed by atoms with E-state index in [9.17, 15) is 18.0 Å². The molecule has 0 radical (unpaired) electrons. The Bertz CT molecular complexity index is 290. The summed E-state index contributed by atoms with van der Waals surface area (Å²) >= 11 is 0. The number of nitrogens with one attached hydrogen (secondary N) is 2. The van der Waals surface area contributed by atoms with E-state index in [0.717, 1.165) is 0 Å². The summed E-state index contributed by atoms with van der Waals surface area (Å²) in [5.41, 5.74) is -0.670. The Morgan fingerprint density at radius 2 is 1.84 bits per heavy atom. The monoisotopic (exact) mass is 286 g/mol. The first-order chi connectivity index (χ1) is 8.45. The van der Waals surface area contributed by atoms with Crippen molar-refractivity contribution in [2.75, 3.05) is 13.2 Å². The molecule has 0 saturated heterocycles. The van der Waals surface area contributed by atoms with Gasteiger partial charge < -0.3 is 20.5 Å². The molecule has 19 heavy (non-hydrogen) atoms. The van der Waals surface area contributed by atoms with Crippen molar-refractivity contribution in [1.29, 1.82) is 0 Å². The van der Waals surface area contributed by atoms with Crippen molar-refractivity contribution >= 4 is 6.09 Å². The third-order valence-corrected chi connectivity index (χ3v) is 2.01. The summed E-state index contributed by atoms with van der Waals surface area (Å²) in [5, 5.41) is 13.1. The Hall–Kier alpha value is -1.02.